The number of rotatable bonds is 5. The van der Waals surface area contributed by atoms with Crippen LogP contribution in [0.25, 0.3) is 28.2 Å². The first-order valence-electron chi connectivity index (χ1n) is 9.80. The summed E-state index contributed by atoms with van der Waals surface area (Å²) in [5, 5.41) is 3.52. The molecule has 35 heavy (non-hydrogen) atoms. The fourth-order valence-electron chi connectivity index (χ4n) is 3.25. The maximum atomic E-state index is 13.2. The zero-order chi connectivity index (χ0) is 25.6. The second-order valence-electron chi connectivity index (χ2n) is 7.17. The van der Waals surface area contributed by atoms with E-state index in [1.165, 1.54) is 43.6 Å². The molecule has 0 amide bonds. The Hall–Kier alpha value is -3.68. The van der Waals surface area contributed by atoms with Gasteiger partial charge in [-0.15, -0.1) is 13.2 Å². The maximum absolute atomic E-state index is 13.2. The van der Waals surface area contributed by atoms with E-state index in [9.17, 15) is 34.8 Å². The minimum absolute atomic E-state index is 0.0435. The summed E-state index contributed by atoms with van der Waals surface area (Å²) in [6.07, 6.45) is -7.17. The zero-order valence-electron chi connectivity index (χ0n) is 17.6. The van der Waals surface area contributed by atoms with Crippen LogP contribution in [0.1, 0.15) is 12.6 Å². The molecule has 0 saturated carbocycles. The van der Waals surface area contributed by atoms with Gasteiger partial charge in [0.05, 0.1) is 16.3 Å². The highest BCUT2D eigenvalue weighted by Crippen LogP contribution is 2.34. The minimum Gasteiger partial charge on any atom is -0.406 e. The maximum Gasteiger partial charge on any atom is 0.573 e. The lowest BCUT2D eigenvalue weighted by atomic mass is 10.1. The van der Waals surface area contributed by atoms with Gasteiger partial charge in [0.1, 0.15) is 11.4 Å². The van der Waals surface area contributed by atoms with Crippen molar-refractivity contribution < 1.29 is 39.5 Å². The number of pyridine rings is 1. The van der Waals surface area contributed by atoms with Crippen LogP contribution < -0.4 is 4.74 Å². The van der Waals surface area contributed by atoms with Gasteiger partial charge >= 0.3 is 12.5 Å². The van der Waals surface area contributed by atoms with Crippen LogP contribution in [-0.2, 0) is 16.0 Å². The molecular formula is C21H14F6N4O3S. The van der Waals surface area contributed by atoms with Crippen LogP contribution in [0, 0.1) is 0 Å². The van der Waals surface area contributed by atoms with Crippen molar-refractivity contribution in [2.45, 2.75) is 24.4 Å². The van der Waals surface area contributed by atoms with Crippen LogP contribution in [0.4, 0.5) is 26.3 Å². The second-order valence-corrected chi connectivity index (χ2v) is 9.42. The number of benzene rings is 1. The number of hydrogen-bond donors (Lipinski definition) is 0. The van der Waals surface area contributed by atoms with Gasteiger partial charge in [0.15, 0.2) is 21.2 Å². The molecule has 0 atom stereocenters. The number of halogens is 6. The van der Waals surface area contributed by atoms with E-state index in [0.29, 0.717) is 5.56 Å². The van der Waals surface area contributed by atoms with Gasteiger partial charge in [-0.25, -0.2) is 17.9 Å². The average molecular weight is 516 g/mol. The first kappa shape index (κ1) is 24.4. The lowest BCUT2D eigenvalue weighted by molar-refractivity contribution is -0.274. The number of sulfone groups is 1. The highest BCUT2D eigenvalue weighted by atomic mass is 32.2. The number of nitrogens with zero attached hydrogens (tertiary/aromatic N) is 4. The molecule has 1 aromatic carbocycles. The van der Waals surface area contributed by atoms with Crippen molar-refractivity contribution in [3.05, 3.63) is 60.6 Å². The summed E-state index contributed by atoms with van der Waals surface area (Å²) in [5.74, 6) is -0.810. The van der Waals surface area contributed by atoms with Crippen LogP contribution in [-0.4, -0.2) is 40.1 Å². The molecule has 0 aliphatic rings. The molecule has 0 unspecified atom stereocenters. The van der Waals surface area contributed by atoms with E-state index in [1.54, 1.807) is 0 Å². The molecule has 0 bridgehead atoms. The third-order valence-electron chi connectivity index (χ3n) is 4.88. The van der Waals surface area contributed by atoms with Crippen molar-refractivity contribution in [2.75, 3.05) is 5.75 Å². The standard InChI is InChI=1S/C21H14F6N4O3S/c1-2-35(32,33)16-9-13(12-3-5-14(6-4-12)34-21(25,26)27)11-29-19(16)15-7-8-28-18-10-17(20(22,23)24)30-31(15)18/h3-11H,2H2,1H3. The number of ether oxygens (including phenoxy) is 1. The fourth-order valence-corrected chi connectivity index (χ4v) is 4.32. The van der Waals surface area contributed by atoms with Gasteiger partial charge in [-0.3, -0.25) is 4.98 Å². The minimum atomic E-state index is -4.87. The van der Waals surface area contributed by atoms with E-state index in [1.807, 2.05) is 0 Å². The predicted molar refractivity (Wildman–Crippen MR) is 111 cm³/mol. The van der Waals surface area contributed by atoms with Crippen LogP contribution >= 0.6 is 0 Å². The molecular weight excluding hydrogens is 502 g/mol. The smallest absolute Gasteiger partial charge is 0.406 e. The Balaban J connectivity index is 1.85. The van der Waals surface area contributed by atoms with E-state index in [2.05, 4.69) is 19.8 Å². The molecule has 7 nitrogen and oxygen atoms in total. The Labute approximate surface area is 193 Å². The van der Waals surface area contributed by atoms with Crippen molar-refractivity contribution in [3.63, 3.8) is 0 Å². The molecule has 0 saturated heterocycles. The summed E-state index contributed by atoms with van der Waals surface area (Å²) < 4.78 is 107. The first-order chi connectivity index (χ1) is 16.3. The van der Waals surface area contributed by atoms with Crippen LogP contribution in [0.3, 0.4) is 0 Å². The topological polar surface area (TPSA) is 86.5 Å². The SMILES string of the molecule is CCS(=O)(=O)c1cc(-c2ccc(OC(F)(F)F)cc2)cnc1-c1ccnc2cc(C(F)(F)F)nn12. The Kier molecular flexibility index (Phi) is 5.95. The van der Waals surface area contributed by atoms with Gasteiger partial charge in [0, 0.05) is 24.0 Å². The third-order valence-corrected chi connectivity index (χ3v) is 6.62. The van der Waals surface area contributed by atoms with E-state index in [4.69, 9.17) is 0 Å². The Morgan fingerprint density at radius 2 is 1.63 bits per heavy atom. The van der Waals surface area contributed by atoms with Gasteiger partial charge in [0.25, 0.3) is 0 Å². The quantitative estimate of drug-likeness (QED) is 0.340. The highest BCUT2D eigenvalue weighted by Gasteiger charge is 2.35. The van der Waals surface area contributed by atoms with E-state index >= 15 is 0 Å². The summed E-state index contributed by atoms with van der Waals surface area (Å²) in [5.41, 5.74) is -0.990. The summed E-state index contributed by atoms with van der Waals surface area (Å²) in [6, 6.07) is 7.93. The Bertz CT molecular complexity index is 1500. The number of fused-ring (bicyclic) bond motifs is 1. The first-order valence-corrected chi connectivity index (χ1v) is 11.4. The molecule has 3 aromatic heterocycles. The third kappa shape index (κ3) is 5.06. The van der Waals surface area contributed by atoms with Gasteiger partial charge in [-0.2, -0.15) is 18.3 Å². The van der Waals surface area contributed by atoms with Gasteiger partial charge in [0.2, 0.25) is 0 Å². The highest BCUT2D eigenvalue weighted by molar-refractivity contribution is 7.91. The van der Waals surface area contributed by atoms with Crippen molar-refractivity contribution in [1.29, 1.82) is 0 Å². The largest absolute Gasteiger partial charge is 0.573 e. The summed E-state index contributed by atoms with van der Waals surface area (Å²) in [4.78, 5) is 7.74. The number of hydrogen-bond acceptors (Lipinski definition) is 6. The lowest BCUT2D eigenvalue weighted by Gasteiger charge is -2.13. The van der Waals surface area contributed by atoms with E-state index < -0.39 is 33.8 Å². The van der Waals surface area contributed by atoms with Crippen molar-refractivity contribution in [1.82, 2.24) is 19.6 Å². The molecule has 184 valence electrons. The van der Waals surface area contributed by atoms with Crippen LogP contribution in [0.5, 0.6) is 5.75 Å². The predicted octanol–water partition coefficient (Wildman–Crippen LogP) is 5.17. The molecule has 0 spiro atoms. The monoisotopic (exact) mass is 516 g/mol. The Morgan fingerprint density at radius 1 is 0.943 bits per heavy atom. The molecule has 4 aromatic rings. The number of alkyl halides is 6. The fraction of sp³-hybridized carbons (Fsp3) is 0.190. The van der Waals surface area contributed by atoms with Gasteiger partial charge < -0.3 is 4.74 Å². The van der Waals surface area contributed by atoms with Crippen molar-refractivity contribution >= 4 is 15.5 Å². The zero-order valence-corrected chi connectivity index (χ0v) is 18.4. The Morgan fingerprint density at radius 3 is 2.23 bits per heavy atom. The number of aromatic nitrogens is 4. The molecule has 4 rings (SSSR count). The summed E-state index contributed by atoms with van der Waals surface area (Å²) in [6.45, 7) is 1.38. The molecule has 0 aliphatic heterocycles. The molecule has 0 fully saturated rings. The van der Waals surface area contributed by atoms with Gasteiger partial charge in [-0.05, 0) is 29.8 Å². The molecule has 3 heterocycles. The van der Waals surface area contributed by atoms with E-state index in [0.717, 1.165) is 22.7 Å². The lowest BCUT2D eigenvalue weighted by Crippen LogP contribution is -2.16. The average Bonchev–Trinajstić information content (AvgIpc) is 3.23. The molecule has 0 radical (unpaired) electrons. The second kappa shape index (κ2) is 8.52. The molecule has 14 heteroatoms. The summed E-state index contributed by atoms with van der Waals surface area (Å²) in [7, 11) is -3.95. The van der Waals surface area contributed by atoms with E-state index in [-0.39, 0.29) is 33.2 Å². The van der Waals surface area contributed by atoms with Gasteiger partial charge in [-0.1, -0.05) is 19.1 Å². The molecule has 0 aliphatic carbocycles. The normalized spacial score (nSPS) is 12.8. The van der Waals surface area contributed by atoms with Crippen LogP contribution in [0.2, 0.25) is 0 Å². The van der Waals surface area contributed by atoms with Crippen molar-refractivity contribution in [3.8, 4) is 28.3 Å². The molecule has 0 N–H and O–H groups in total. The van der Waals surface area contributed by atoms with Crippen LogP contribution in [0.15, 0.2) is 59.8 Å². The van der Waals surface area contributed by atoms with Crippen molar-refractivity contribution in [2.24, 2.45) is 0 Å². The summed E-state index contributed by atoms with van der Waals surface area (Å²) >= 11 is 0.